The smallest absolute Gasteiger partial charge is 0.338 e. The first kappa shape index (κ1) is 22.9. The first-order chi connectivity index (χ1) is 14.4. The highest BCUT2D eigenvalue weighted by Crippen LogP contribution is 2.08. The maximum absolute atomic E-state index is 12.0. The molecule has 2 aromatic carbocycles. The number of hydrogen-bond acceptors (Lipinski definition) is 4. The van der Waals surface area contributed by atoms with E-state index in [4.69, 9.17) is 4.74 Å². The largest absolute Gasteiger partial charge is 0.462 e. The molecule has 0 heterocycles. The molecule has 0 aliphatic carbocycles. The van der Waals surface area contributed by atoms with Gasteiger partial charge in [0.05, 0.1) is 18.7 Å². The summed E-state index contributed by atoms with van der Waals surface area (Å²) in [6.07, 6.45) is 0. The van der Waals surface area contributed by atoms with E-state index < -0.39 is 0 Å². The molecule has 0 atom stereocenters. The molecule has 2 aromatic rings. The molecular formula is C23H30N4O3. The van der Waals surface area contributed by atoms with Crippen molar-refractivity contribution in [1.82, 2.24) is 15.5 Å². The van der Waals surface area contributed by atoms with Crippen LogP contribution in [0.2, 0.25) is 0 Å². The predicted molar refractivity (Wildman–Crippen MR) is 119 cm³/mol. The first-order valence-electron chi connectivity index (χ1n) is 10.0. The molecule has 7 heteroatoms. The Morgan fingerprint density at radius 2 is 1.50 bits per heavy atom. The minimum Gasteiger partial charge on any atom is -0.462 e. The van der Waals surface area contributed by atoms with Gasteiger partial charge in [0.2, 0.25) is 0 Å². The summed E-state index contributed by atoms with van der Waals surface area (Å²) in [5.41, 5.74) is 3.24. The fourth-order valence-electron chi connectivity index (χ4n) is 2.68. The molecule has 0 aliphatic heterocycles. The molecule has 0 unspecified atom stereocenters. The standard InChI is InChI=1S/C23H30N4O3/c1-5-24-23(25-15-17-7-11-19(12-8-17)21(28)27(3)4)26-16-18-9-13-20(14-10-18)22(29)30-6-2/h7-14H,5-6,15-16H2,1-4H3,(H2,24,25,26). The normalized spacial score (nSPS) is 11.0. The number of benzene rings is 2. The highest BCUT2D eigenvalue weighted by atomic mass is 16.5. The van der Waals surface area contributed by atoms with Crippen molar-refractivity contribution in [2.45, 2.75) is 26.9 Å². The predicted octanol–water partition coefficient (Wildman–Crippen LogP) is 2.82. The number of esters is 1. The number of carbonyl (C=O) groups is 2. The highest BCUT2D eigenvalue weighted by Gasteiger charge is 2.08. The lowest BCUT2D eigenvalue weighted by atomic mass is 10.1. The molecule has 2 N–H and O–H groups in total. The molecule has 0 aliphatic rings. The second-order valence-corrected chi connectivity index (χ2v) is 6.86. The quantitative estimate of drug-likeness (QED) is 0.397. The molecule has 160 valence electrons. The zero-order valence-electron chi connectivity index (χ0n) is 18.1. The Balaban J connectivity index is 1.96. The van der Waals surface area contributed by atoms with Crippen LogP contribution >= 0.6 is 0 Å². The second kappa shape index (κ2) is 11.6. The Hall–Kier alpha value is -3.35. The fraction of sp³-hybridized carbons (Fsp3) is 0.348. The lowest BCUT2D eigenvalue weighted by molar-refractivity contribution is 0.0526. The van der Waals surface area contributed by atoms with Crippen molar-refractivity contribution in [2.75, 3.05) is 27.2 Å². The molecule has 0 saturated heterocycles. The van der Waals surface area contributed by atoms with E-state index in [1.807, 2.05) is 43.3 Å². The van der Waals surface area contributed by atoms with Crippen molar-refractivity contribution in [3.63, 3.8) is 0 Å². The van der Waals surface area contributed by atoms with Gasteiger partial charge < -0.3 is 20.3 Å². The van der Waals surface area contributed by atoms with E-state index in [-0.39, 0.29) is 11.9 Å². The Morgan fingerprint density at radius 1 is 0.900 bits per heavy atom. The van der Waals surface area contributed by atoms with Crippen LogP contribution in [0.1, 0.15) is 45.7 Å². The van der Waals surface area contributed by atoms with Gasteiger partial charge in [-0.2, -0.15) is 0 Å². The summed E-state index contributed by atoms with van der Waals surface area (Å²) in [5, 5.41) is 6.51. The molecule has 0 saturated carbocycles. The van der Waals surface area contributed by atoms with Gasteiger partial charge >= 0.3 is 5.97 Å². The monoisotopic (exact) mass is 410 g/mol. The fourth-order valence-corrected chi connectivity index (χ4v) is 2.68. The summed E-state index contributed by atoms with van der Waals surface area (Å²) in [6.45, 7) is 5.96. The number of rotatable bonds is 8. The SMILES string of the molecule is CCNC(=NCc1ccc(C(=O)N(C)C)cc1)NCc1ccc(C(=O)OCC)cc1. The Kier molecular flexibility index (Phi) is 8.87. The van der Waals surface area contributed by atoms with Crippen molar-refractivity contribution in [3.05, 3.63) is 70.8 Å². The average Bonchev–Trinajstić information content (AvgIpc) is 2.76. The number of carbonyl (C=O) groups excluding carboxylic acids is 2. The third kappa shape index (κ3) is 6.92. The molecule has 7 nitrogen and oxygen atoms in total. The topological polar surface area (TPSA) is 83.0 Å². The van der Waals surface area contributed by atoms with Gasteiger partial charge in [0, 0.05) is 32.7 Å². The second-order valence-electron chi connectivity index (χ2n) is 6.86. The number of nitrogens with one attached hydrogen (secondary N) is 2. The van der Waals surface area contributed by atoms with Crippen LogP contribution in [0.4, 0.5) is 0 Å². The molecule has 0 aromatic heterocycles. The van der Waals surface area contributed by atoms with Crippen molar-refractivity contribution in [2.24, 2.45) is 4.99 Å². The number of guanidine groups is 1. The summed E-state index contributed by atoms with van der Waals surface area (Å²) in [7, 11) is 3.47. The van der Waals surface area contributed by atoms with Crippen LogP contribution in [0.3, 0.4) is 0 Å². The number of ether oxygens (including phenoxy) is 1. The van der Waals surface area contributed by atoms with Gasteiger partial charge in [0.15, 0.2) is 5.96 Å². The summed E-state index contributed by atoms with van der Waals surface area (Å²) >= 11 is 0. The van der Waals surface area contributed by atoms with Crippen LogP contribution in [0.15, 0.2) is 53.5 Å². The van der Waals surface area contributed by atoms with Crippen molar-refractivity contribution < 1.29 is 14.3 Å². The van der Waals surface area contributed by atoms with E-state index in [2.05, 4.69) is 15.6 Å². The van der Waals surface area contributed by atoms with Crippen LogP contribution in [-0.4, -0.2) is 50.0 Å². The van der Waals surface area contributed by atoms with E-state index in [9.17, 15) is 9.59 Å². The zero-order valence-corrected chi connectivity index (χ0v) is 18.1. The van der Waals surface area contributed by atoms with E-state index in [1.165, 1.54) is 0 Å². The van der Waals surface area contributed by atoms with E-state index in [1.54, 1.807) is 38.1 Å². The number of aliphatic imine (C=N–C) groups is 1. The first-order valence-corrected chi connectivity index (χ1v) is 10.0. The highest BCUT2D eigenvalue weighted by molar-refractivity contribution is 5.93. The van der Waals surface area contributed by atoms with E-state index >= 15 is 0 Å². The van der Waals surface area contributed by atoms with Gasteiger partial charge in [-0.25, -0.2) is 9.79 Å². The third-order valence-corrected chi connectivity index (χ3v) is 4.30. The van der Waals surface area contributed by atoms with Gasteiger partial charge in [-0.05, 0) is 49.2 Å². The maximum atomic E-state index is 12.0. The lowest BCUT2D eigenvalue weighted by Gasteiger charge is -2.12. The molecular weight excluding hydrogens is 380 g/mol. The van der Waals surface area contributed by atoms with Crippen molar-refractivity contribution >= 4 is 17.8 Å². The lowest BCUT2D eigenvalue weighted by Crippen LogP contribution is -2.36. The number of hydrogen-bond donors (Lipinski definition) is 2. The van der Waals surface area contributed by atoms with Gasteiger partial charge in [-0.3, -0.25) is 4.79 Å². The number of amides is 1. The summed E-state index contributed by atoms with van der Waals surface area (Å²) < 4.78 is 5.00. The molecule has 0 fully saturated rings. The Morgan fingerprint density at radius 3 is 2.07 bits per heavy atom. The average molecular weight is 411 g/mol. The van der Waals surface area contributed by atoms with E-state index in [0.717, 1.165) is 17.7 Å². The van der Waals surface area contributed by atoms with Crippen molar-refractivity contribution in [1.29, 1.82) is 0 Å². The minimum absolute atomic E-state index is 0.0194. The van der Waals surface area contributed by atoms with Crippen molar-refractivity contribution in [3.8, 4) is 0 Å². The van der Waals surface area contributed by atoms with Crippen LogP contribution in [0.5, 0.6) is 0 Å². The molecule has 0 spiro atoms. The maximum Gasteiger partial charge on any atom is 0.338 e. The summed E-state index contributed by atoms with van der Waals surface area (Å²) in [6, 6.07) is 14.8. The van der Waals surface area contributed by atoms with Crippen LogP contribution in [0.25, 0.3) is 0 Å². The van der Waals surface area contributed by atoms with Gasteiger partial charge in [0.1, 0.15) is 0 Å². The molecule has 0 radical (unpaired) electrons. The molecule has 30 heavy (non-hydrogen) atoms. The Bertz CT molecular complexity index is 859. The van der Waals surface area contributed by atoms with Gasteiger partial charge in [-0.15, -0.1) is 0 Å². The number of nitrogens with zero attached hydrogens (tertiary/aromatic N) is 2. The van der Waals surface area contributed by atoms with Crippen LogP contribution in [-0.2, 0) is 17.8 Å². The molecule has 2 rings (SSSR count). The summed E-state index contributed by atoms with van der Waals surface area (Å²) in [4.78, 5) is 29.9. The molecule has 0 bridgehead atoms. The molecule has 1 amide bonds. The summed E-state index contributed by atoms with van der Waals surface area (Å²) in [5.74, 6) is 0.361. The van der Waals surface area contributed by atoms with Gasteiger partial charge in [0.25, 0.3) is 5.91 Å². The van der Waals surface area contributed by atoms with Gasteiger partial charge in [-0.1, -0.05) is 24.3 Å². The van der Waals surface area contributed by atoms with E-state index in [0.29, 0.717) is 36.8 Å². The zero-order chi connectivity index (χ0) is 21.9. The van der Waals surface area contributed by atoms with Crippen LogP contribution < -0.4 is 10.6 Å². The van der Waals surface area contributed by atoms with Crippen LogP contribution in [0, 0.1) is 0 Å². The third-order valence-electron chi connectivity index (χ3n) is 4.30. The Labute approximate surface area is 178 Å². The minimum atomic E-state index is -0.315.